The van der Waals surface area contributed by atoms with Crippen molar-refractivity contribution in [1.29, 1.82) is 0 Å². The van der Waals surface area contributed by atoms with E-state index in [0.717, 1.165) is 25.7 Å². The number of anilines is 2. The molecule has 7 heteroatoms. The lowest BCUT2D eigenvalue weighted by Gasteiger charge is -2.32. The Morgan fingerprint density at radius 1 is 1.17 bits per heavy atom. The number of ether oxygens (including phenoxy) is 3. The van der Waals surface area contributed by atoms with Gasteiger partial charge in [0.15, 0.2) is 17.6 Å². The van der Waals surface area contributed by atoms with Crippen molar-refractivity contribution in [2.75, 3.05) is 23.9 Å². The van der Waals surface area contributed by atoms with Gasteiger partial charge >= 0.3 is 0 Å². The van der Waals surface area contributed by atoms with Crippen LogP contribution in [0.1, 0.15) is 32.6 Å². The van der Waals surface area contributed by atoms with Crippen LogP contribution in [0.3, 0.4) is 0 Å². The Balaban J connectivity index is 1.48. The molecule has 1 fully saturated rings. The molecule has 2 aliphatic rings. The molecule has 30 heavy (non-hydrogen) atoms. The number of hydrogen-bond acceptors (Lipinski definition) is 5. The van der Waals surface area contributed by atoms with E-state index in [1.807, 2.05) is 12.1 Å². The summed E-state index contributed by atoms with van der Waals surface area (Å²) < 4.78 is 17.1. The average Bonchev–Trinajstić information content (AvgIpc) is 3.25. The predicted molar refractivity (Wildman–Crippen MR) is 113 cm³/mol. The highest BCUT2D eigenvalue weighted by molar-refractivity contribution is 6.06. The third-order valence-electron chi connectivity index (χ3n) is 5.42. The van der Waals surface area contributed by atoms with Crippen LogP contribution in [0.25, 0.3) is 0 Å². The van der Waals surface area contributed by atoms with Crippen LogP contribution < -0.4 is 24.4 Å². The summed E-state index contributed by atoms with van der Waals surface area (Å²) in [4.78, 5) is 26.8. The van der Waals surface area contributed by atoms with Gasteiger partial charge in [0.25, 0.3) is 5.91 Å². The Morgan fingerprint density at radius 3 is 2.70 bits per heavy atom. The summed E-state index contributed by atoms with van der Waals surface area (Å²) in [6.45, 7) is 1.58. The molecule has 0 spiro atoms. The van der Waals surface area contributed by atoms with Crippen molar-refractivity contribution < 1.29 is 23.8 Å². The zero-order chi connectivity index (χ0) is 21.1. The Hall–Kier alpha value is -3.22. The first-order chi connectivity index (χ1) is 14.5. The summed E-state index contributed by atoms with van der Waals surface area (Å²) >= 11 is 0. The lowest BCUT2D eigenvalue weighted by atomic mass is 10.2. The van der Waals surface area contributed by atoms with Gasteiger partial charge in [0.2, 0.25) is 5.91 Å². The molecule has 1 saturated carbocycles. The first-order valence-corrected chi connectivity index (χ1v) is 10.3. The van der Waals surface area contributed by atoms with Crippen LogP contribution in [0.2, 0.25) is 0 Å². The van der Waals surface area contributed by atoms with Crippen molar-refractivity contribution in [3.05, 3.63) is 42.5 Å². The molecule has 0 saturated heterocycles. The van der Waals surface area contributed by atoms with E-state index in [1.54, 1.807) is 44.4 Å². The number of benzene rings is 2. The van der Waals surface area contributed by atoms with E-state index in [2.05, 4.69) is 5.32 Å². The van der Waals surface area contributed by atoms with Gasteiger partial charge < -0.3 is 19.5 Å². The second-order valence-corrected chi connectivity index (χ2v) is 7.59. The van der Waals surface area contributed by atoms with Crippen molar-refractivity contribution in [2.24, 2.45) is 0 Å². The zero-order valence-electron chi connectivity index (χ0n) is 17.2. The fraction of sp³-hybridized carbons (Fsp3) is 0.391. The smallest absolute Gasteiger partial charge is 0.268 e. The molecule has 4 rings (SSSR count). The molecule has 2 amide bonds. The molecule has 1 N–H and O–H groups in total. The molecule has 0 aromatic heterocycles. The summed E-state index contributed by atoms with van der Waals surface area (Å²) in [6.07, 6.45) is 3.91. The van der Waals surface area contributed by atoms with Gasteiger partial charge in [0.05, 0.1) is 18.9 Å². The standard InChI is InChI=1S/C23H26N2O5/c1-15-23(27)25(18-9-5-6-10-19(18)29-15)14-22(26)24-16-11-12-20(28-2)21(13-16)30-17-7-3-4-8-17/h5-6,9-13,15,17H,3-4,7-8,14H2,1-2H3,(H,24,26). The predicted octanol–water partition coefficient (Wildman–Crippen LogP) is 3.77. The summed E-state index contributed by atoms with van der Waals surface area (Å²) in [7, 11) is 1.59. The van der Waals surface area contributed by atoms with Crippen LogP contribution >= 0.6 is 0 Å². The van der Waals surface area contributed by atoms with Gasteiger partial charge in [-0.3, -0.25) is 14.5 Å². The highest BCUT2D eigenvalue weighted by Gasteiger charge is 2.32. The van der Waals surface area contributed by atoms with Gasteiger partial charge in [-0.2, -0.15) is 0 Å². The lowest BCUT2D eigenvalue weighted by molar-refractivity contribution is -0.127. The van der Waals surface area contributed by atoms with Gasteiger partial charge in [-0.25, -0.2) is 0 Å². The van der Waals surface area contributed by atoms with E-state index in [1.165, 1.54) is 4.90 Å². The topological polar surface area (TPSA) is 77.1 Å². The number of fused-ring (bicyclic) bond motifs is 1. The molecule has 1 heterocycles. The van der Waals surface area contributed by atoms with Crippen molar-refractivity contribution in [3.63, 3.8) is 0 Å². The fourth-order valence-electron chi connectivity index (χ4n) is 3.90. The Kier molecular flexibility index (Phi) is 5.79. The third kappa shape index (κ3) is 4.20. The molecule has 0 radical (unpaired) electrons. The molecule has 0 bridgehead atoms. The Bertz CT molecular complexity index is 939. The van der Waals surface area contributed by atoms with E-state index < -0.39 is 6.10 Å². The second kappa shape index (κ2) is 8.65. The maximum atomic E-state index is 12.7. The quantitative estimate of drug-likeness (QED) is 0.785. The molecule has 1 unspecified atom stereocenters. The molecule has 1 aliphatic heterocycles. The van der Waals surface area contributed by atoms with Crippen LogP contribution in [-0.4, -0.2) is 37.7 Å². The Labute approximate surface area is 175 Å². The largest absolute Gasteiger partial charge is 0.493 e. The zero-order valence-corrected chi connectivity index (χ0v) is 17.2. The fourth-order valence-corrected chi connectivity index (χ4v) is 3.90. The number of nitrogens with one attached hydrogen (secondary N) is 1. The number of methoxy groups -OCH3 is 1. The van der Waals surface area contributed by atoms with E-state index in [0.29, 0.717) is 28.6 Å². The minimum Gasteiger partial charge on any atom is -0.493 e. The number of carbonyl (C=O) groups excluding carboxylic acids is 2. The lowest BCUT2D eigenvalue weighted by Crippen LogP contribution is -2.47. The first-order valence-electron chi connectivity index (χ1n) is 10.3. The molecule has 7 nitrogen and oxygen atoms in total. The van der Waals surface area contributed by atoms with Crippen molar-refractivity contribution >= 4 is 23.2 Å². The molecule has 2 aromatic carbocycles. The highest BCUT2D eigenvalue weighted by Crippen LogP contribution is 2.35. The van der Waals surface area contributed by atoms with E-state index in [-0.39, 0.29) is 24.5 Å². The minimum absolute atomic E-state index is 0.103. The summed E-state index contributed by atoms with van der Waals surface area (Å²) in [5.41, 5.74) is 1.19. The first kappa shape index (κ1) is 20.1. The monoisotopic (exact) mass is 410 g/mol. The van der Waals surface area contributed by atoms with E-state index in [4.69, 9.17) is 14.2 Å². The number of carbonyl (C=O) groups is 2. The molecule has 158 valence electrons. The van der Waals surface area contributed by atoms with Gasteiger partial charge in [0, 0.05) is 11.8 Å². The van der Waals surface area contributed by atoms with Gasteiger partial charge in [-0.1, -0.05) is 12.1 Å². The van der Waals surface area contributed by atoms with Crippen LogP contribution in [0, 0.1) is 0 Å². The number of para-hydroxylation sites is 2. The summed E-state index contributed by atoms with van der Waals surface area (Å²) in [5.74, 6) is 1.29. The number of rotatable bonds is 6. The number of amides is 2. The normalized spacial score (nSPS) is 18.5. The third-order valence-corrected chi connectivity index (χ3v) is 5.42. The summed E-state index contributed by atoms with van der Waals surface area (Å²) in [6, 6.07) is 12.5. The number of nitrogens with zero attached hydrogens (tertiary/aromatic N) is 1. The van der Waals surface area contributed by atoms with Gasteiger partial charge in [-0.05, 0) is 56.9 Å². The number of hydrogen-bond donors (Lipinski definition) is 1. The molecule has 2 aromatic rings. The van der Waals surface area contributed by atoms with Gasteiger partial charge in [0.1, 0.15) is 12.3 Å². The maximum absolute atomic E-state index is 12.7. The molecular weight excluding hydrogens is 384 g/mol. The van der Waals surface area contributed by atoms with Gasteiger partial charge in [-0.15, -0.1) is 0 Å². The van der Waals surface area contributed by atoms with E-state index >= 15 is 0 Å². The minimum atomic E-state index is -0.639. The van der Waals surface area contributed by atoms with Crippen molar-refractivity contribution in [2.45, 2.75) is 44.8 Å². The maximum Gasteiger partial charge on any atom is 0.268 e. The second-order valence-electron chi connectivity index (χ2n) is 7.59. The highest BCUT2D eigenvalue weighted by atomic mass is 16.5. The summed E-state index contributed by atoms with van der Waals surface area (Å²) in [5, 5.41) is 2.86. The molecule has 1 atom stereocenters. The van der Waals surface area contributed by atoms with Crippen molar-refractivity contribution in [3.8, 4) is 17.2 Å². The van der Waals surface area contributed by atoms with E-state index in [9.17, 15) is 9.59 Å². The van der Waals surface area contributed by atoms with Crippen LogP contribution in [0.4, 0.5) is 11.4 Å². The Morgan fingerprint density at radius 2 is 1.93 bits per heavy atom. The van der Waals surface area contributed by atoms with Crippen LogP contribution in [0.5, 0.6) is 17.2 Å². The molecular formula is C23H26N2O5. The van der Waals surface area contributed by atoms with Crippen LogP contribution in [-0.2, 0) is 9.59 Å². The van der Waals surface area contributed by atoms with Crippen LogP contribution in [0.15, 0.2) is 42.5 Å². The SMILES string of the molecule is COc1ccc(NC(=O)CN2C(=O)C(C)Oc3ccccc32)cc1OC1CCCC1. The average molecular weight is 410 g/mol. The van der Waals surface area contributed by atoms with Crippen molar-refractivity contribution in [1.82, 2.24) is 0 Å². The molecule has 1 aliphatic carbocycles.